The van der Waals surface area contributed by atoms with E-state index >= 15 is 0 Å². The van der Waals surface area contributed by atoms with Crippen LogP contribution in [0.4, 0.5) is 0 Å². The first-order chi connectivity index (χ1) is 16.8. The Kier molecular flexibility index (Phi) is 3.86. The van der Waals surface area contributed by atoms with Crippen LogP contribution in [0, 0.1) is 20.8 Å². The molecule has 0 fully saturated rings. The van der Waals surface area contributed by atoms with Gasteiger partial charge >= 0.3 is 5.78 Å². The normalized spacial score (nSPS) is 14.2. The van der Waals surface area contributed by atoms with E-state index in [2.05, 4.69) is 122 Å². The molecule has 1 aliphatic rings. The summed E-state index contributed by atoms with van der Waals surface area (Å²) in [6.07, 6.45) is 2.21. The summed E-state index contributed by atoms with van der Waals surface area (Å²) in [4.78, 5) is 5.27. The quantitative estimate of drug-likeness (QED) is 0.259. The molecule has 0 aliphatic heterocycles. The Morgan fingerprint density at radius 2 is 1.60 bits per heavy atom. The third-order valence-corrected chi connectivity index (χ3v) is 8.26. The highest BCUT2D eigenvalue weighted by Gasteiger charge is 2.41. The second-order valence-electron chi connectivity index (χ2n) is 10.6. The lowest BCUT2D eigenvalue weighted by Crippen LogP contribution is -2.35. The van der Waals surface area contributed by atoms with Crippen molar-refractivity contribution in [1.29, 1.82) is 0 Å². The second-order valence-corrected chi connectivity index (χ2v) is 10.6. The molecular weight excluding hydrogens is 428 g/mol. The Labute approximate surface area is 205 Å². The van der Waals surface area contributed by atoms with Gasteiger partial charge < -0.3 is 0 Å². The first-order valence-electron chi connectivity index (χ1n) is 12.3. The number of aryl methyl sites for hydroxylation is 4. The molecule has 4 nitrogen and oxygen atoms in total. The van der Waals surface area contributed by atoms with Gasteiger partial charge in [0.1, 0.15) is 0 Å². The molecule has 3 heterocycles. The molecule has 0 bridgehead atoms. The predicted octanol–water partition coefficient (Wildman–Crippen LogP) is 6.49. The van der Waals surface area contributed by atoms with Crippen LogP contribution in [0.2, 0.25) is 0 Å². The molecule has 0 saturated heterocycles. The fourth-order valence-corrected chi connectivity index (χ4v) is 6.25. The summed E-state index contributed by atoms with van der Waals surface area (Å²) in [6, 6.07) is 22.1. The third kappa shape index (κ3) is 2.42. The SMILES string of the molecule is Cc1ccc2c(c1C)n(-c1c3c(cc[n+]1C)C(C)(C)c1ccccc1-3)c1nc3c(C)cccc3n21. The number of aromatic nitrogens is 4. The van der Waals surface area contributed by atoms with E-state index in [9.17, 15) is 0 Å². The molecule has 3 aromatic heterocycles. The lowest BCUT2D eigenvalue weighted by molar-refractivity contribution is -0.665. The molecule has 0 saturated carbocycles. The van der Waals surface area contributed by atoms with E-state index < -0.39 is 0 Å². The molecule has 1 aliphatic carbocycles. The third-order valence-electron chi connectivity index (χ3n) is 8.26. The summed E-state index contributed by atoms with van der Waals surface area (Å²) < 4.78 is 7.02. The van der Waals surface area contributed by atoms with Crippen LogP contribution in [0.5, 0.6) is 0 Å². The Bertz CT molecular complexity index is 1860. The highest BCUT2D eigenvalue weighted by atomic mass is 15.3. The highest BCUT2D eigenvalue weighted by Crippen LogP contribution is 2.50. The van der Waals surface area contributed by atoms with Gasteiger partial charge in [-0.25, -0.2) is 4.57 Å². The molecule has 3 aromatic carbocycles. The number of hydrogen-bond acceptors (Lipinski definition) is 1. The lowest BCUT2D eigenvalue weighted by Gasteiger charge is -2.21. The van der Waals surface area contributed by atoms with E-state index in [-0.39, 0.29) is 5.41 Å². The first kappa shape index (κ1) is 20.5. The van der Waals surface area contributed by atoms with Gasteiger partial charge in [-0.05, 0) is 66.8 Å². The Morgan fingerprint density at radius 3 is 2.43 bits per heavy atom. The molecule has 6 aromatic rings. The molecular formula is C31H29N4+. The van der Waals surface area contributed by atoms with E-state index in [1.807, 2.05) is 0 Å². The molecule has 0 spiro atoms. The van der Waals surface area contributed by atoms with Crippen molar-refractivity contribution in [2.75, 3.05) is 0 Å². The number of pyridine rings is 1. The van der Waals surface area contributed by atoms with E-state index in [1.165, 1.54) is 55.8 Å². The van der Waals surface area contributed by atoms with Crippen LogP contribution in [-0.2, 0) is 12.5 Å². The van der Waals surface area contributed by atoms with Crippen LogP contribution >= 0.6 is 0 Å². The summed E-state index contributed by atoms with van der Waals surface area (Å²) in [6.45, 7) is 11.3. The van der Waals surface area contributed by atoms with E-state index in [4.69, 9.17) is 4.98 Å². The number of hydrogen-bond donors (Lipinski definition) is 0. The molecule has 172 valence electrons. The standard InChI is InChI=1S/C31H29N4/c1-18-14-15-25-28(20(18)3)35(30-32-27-19(2)10-9-13-24(27)34(25)30)29-26-21-11-7-8-12-22(21)31(4,5)23(26)16-17-33(29)6/h7-17H,1-6H3/q+1. The molecule has 0 unspecified atom stereocenters. The summed E-state index contributed by atoms with van der Waals surface area (Å²) >= 11 is 0. The Hall–Kier alpha value is -3.92. The summed E-state index contributed by atoms with van der Waals surface area (Å²) in [5, 5.41) is 0. The maximum absolute atomic E-state index is 5.27. The van der Waals surface area contributed by atoms with Crippen molar-refractivity contribution in [2.24, 2.45) is 7.05 Å². The van der Waals surface area contributed by atoms with Gasteiger partial charge in [-0.1, -0.05) is 56.3 Å². The minimum absolute atomic E-state index is 0.0597. The average molecular weight is 458 g/mol. The summed E-state index contributed by atoms with van der Waals surface area (Å²) in [5.41, 5.74) is 13.7. The summed E-state index contributed by atoms with van der Waals surface area (Å²) in [5.74, 6) is 2.13. The van der Waals surface area contributed by atoms with Crippen LogP contribution in [-0.4, -0.2) is 14.0 Å². The molecule has 0 radical (unpaired) electrons. The van der Waals surface area contributed by atoms with Crippen LogP contribution in [0.1, 0.15) is 41.7 Å². The van der Waals surface area contributed by atoms with Gasteiger partial charge in [-0.15, -0.1) is 0 Å². The van der Waals surface area contributed by atoms with Crippen molar-refractivity contribution in [3.05, 3.63) is 94.7 Å². The zero-order valence-electron chi connectivity index (χ0n) is 21.1. The van der Waals surface area contributed by atoms with Gasteiger partial charge in [0.05, 0.1) is 35.4 Å². The second kappa shape index (κ2) is 6.60. The largest absolute Gasteiger partial charge is 0.312 e. The Morgan fingerprint density at radius 1 is 0.800 bits per heavy atom. The van der Waals surface area contributed by atoms with Crippen molar-refractivity contribution in [3.8, 4) is 16.9 Å². The van der Waals surface area contributed by atoms with Gasteiger partial charge in [-0.2, -0.15) is 9.55 Å². The van der Waals surface area contributed by atoms with Crippen molar-refractivity contribution in [3.63, 3.8) is 0 Å². The number of rotatable bonds is 1. The zero-order valence-corrected chi connectivity index (χ0v) is 21.1. The van der Waals surface area contributed by atoms with Gasteiger partial charge in [0.2, 0.25) is 0 Å². The van der Waals surface area contributed by atoms with E-state index in [1.54, 1.807) is 0 Å². The average Bonchev–Trinajstić information content (AvgIpc) is 3.44. The van der Waals surface area contributed by atoms with Crippen molar-refractivity contribution >= 4 is 27.8 Å². The van der Waals surface area contributed by atoms with Gasteiger partial charge in [0, 0.05) is 11.0 Å². The summed E-state index contributed by atoms with van der Waals surface area (Å²) in [7, 11) is 2.16. The number of fused-ring (bicyclic) bond motifs is 8. The van der Waals surface area contributed by atoms with E-state index in [0.717, 1.165) is 16.8 Å². The van der Waals surface area contributed by atoms with Crippen LogP contribution < -0.4 is 4.57 Å². The highest BCUT2D eigenvalue weighted by molar-refractivity contribution is 5.96. The zero-order chi connectivity index (χ0) is 24.2. The Balaban J connectivity index is 1.75. The van der Waals surface area contributed by atoms with Crippen molar-refractivity contribution < 1.29 is 4.57 Å². The maximum Gasteiger partial charge on any atom is 0.312 e. The van der Waals surface area contributed by atoms with E-state index in [0.29, 0.717) is 0 Å². The molecule has 0 amide bonds. The smallest absolute Gasteiger partial charge is 0.254 e. The van der Waals surface area contributed by atoms with Crippen molar-refractivity contribution in [1.82, 2.24) is 14.0 Å². The number of nitrogens with zero attached hydrogens (tertiary/aromatic N) is 4. The molecule has 0 atom stereocenters. The van der Waals surface area contributed by atoms with Crippen LogP contribution in [0.3, 0.4) is 0 Å². The number of para-hydroxylation sites is 1. The fraction of sp³-hybridized carbons (Fsp3) is 0.226. The van der Waals surface area contributed by atoms with Gasteiger partial charge in [0.15, 0.2) is 5.52 Å². The van der Waals surface area contributed by atoms with Gasteiger partial charge in [0.25, 0.3) is 5.82 Å². The first-order valence-corrected chi connectivity index (χ1v) is 12.3. The predicted molar refractivity (Wildman–Crippen MR) is 142 cm³/mol. The fourth-order valence-electron chi connectivity index (χ4n) is 6.25. The minimum atomic E-state index is -0.0597. The monoisotopic (exact) mass is 457 g/mol. The topological polar surface area (TPSA) is 26.1 Å². The number of benzene rings is 3. The lowest BCUT2D eigenvalue weighted by atomic mass is 9.83. The maximum atomic E-state index is 5.27. The molecule has 35 heavy (non-hydrogen) atoms. The van der Waals surface area contributed by atoms with Gasteiger partial charge in [-0.3, -0.25) is 4.40 Å². The molecule has 0 N–H and O–H groups in total. The minimum Gasteiger partial charge on any atom is -0.254 e. The van der Waals surface area contributed by atoms with Crippen LogP contribution in [0.25, 0.3) is 44.8 Å². The molecule has 7 rings (SSSR count). The van der Waals surface area contributed by atoms with Crippen molar-refractivity contribution in [2.45, 2.75) is 40.0 Å². The molecule has 4 heteroatoms. The van der Waals surface area contributed by atoms with Crippen LogP contribution in [0.15, 0.2) is 66.9 Å². The number of imidazole rings is 2.